The Hall–Kier alpha value is -1.35. The summed E-state index contributed by atoms with van der Waals surface area (Å²) in [5.41, 5.74) is 2.20. The lowest BCUT2D eigenvalue weighted by Gasteiger charge is -2.32. The average molecular weight is 513 g/mol. The molecule has 2 fully saturated rings. The number of benzene rings is 1. The summed E-state index contributed by atoms with van der Waals surface area (Å²) in [7, 11) is 1.83. The van der Waals surface area contributed by atoms with Crippen molar-refractivity contribution in [2.45, 2.75) is 58.0 Å². The van der Waals surface area contributed by atoms with Crippen molar-refractivity contribution in [1.29, 1.82) is 0 Å². The van der Waals surface area contributed by atoms with Crippen LogP contribution < -0.4 is 15.5 Å². The normalized spacial score (nSPS) is 19.0. The maximum atomic E-state index is 12.1. The van der Waals surface area contributed by atoms with E-state index in [0.29, 0.717) is 12.5 Å². The van der Waals surface area contributed by atoms with E-state index >= 15 is 0 Å². The van der Waals surface area contributed by atoms with Crippen molar-refractivity contribution in [3.05, 3.63) is 29.8 Å². The number of hydrogen-bond acceptors (Lipinski definition) is 3. The predicted octanol–water partition coefficient (Wildman–Crippen LogP) is 3.36. The van der Waals surface area contributed by atoms with Crippen LogP contribution in [0, 0.1) is 0 Å². The third-order valence-corrected chi connectivity index (χ3v) is 5.72. The SMILES string of the molecule is CCCN1CCC(NC(=NC)NCc2ccc(N3CCCCC3=O)cc2)CC1.I. The molecule has 0 atom stereocenters. The molecule has 2 N–H and O–H groups in total. The molecule has 0 radical (unpaired) electrons. The number of guanidine groups is 1. The smallest absolute Gasteiger partial charge is 0.226 e. The Morgan fingerprint density at radius 1 is 1.14 bits per heavy atom. The second kappa shape index (κ2) is 12.4. The van der Waals surface area contributed by atoms with E-state index in [1.54, 1.807) is 0 Å². The molecule has 0 unspecified atom stereocenters. The highest BCUT2D eigenvalue weighted by Crippen LogP contribution is 2.21. The molecule has 0 spiro atoms. The standard InChI is InChI=1S/C22H35N5O.HI/c1-3-13-26-15-11-19(12-16-26)25-22(23-2)24-17-18-7-9-20(10-8-18)27-14-5-4-6-21(27)28;/h7-10,19H,3-6,11-17H2,1-2H3,(H2,23,24,25);1H. The van der Waals surface area contributed by atoms with Gasteiger partial charge >= 0.3 is 0 Å². The lowest BCUT2D eigenvalue weighted by Crippen LogP contribution is -2.48. The Labute approximate surface area is 192 Å². The van der Waals surface area contributed by atoms with Gasteiger partial charge < -0.3 is 20.4 Å². The summed E-state index contributed by atoms with van der Waals surface area (Å²) in [4.78, 5) is 20.9. The summed E-state index contributed by atoms with van der Waals surface area (Å²) in [6.45, 7) is 7.34. The molecule has 1 amide bonds. The highest BCUT2D eigenvalue weighted by Gasteiger charge is 2.20. The number of amides is 1. The van der Waals surface area contributed by atoms with E-state index in [4.69, 9.17) is 0 Å². The molecule has 0 saturated carbocycles. The van der Waals surface area contributed by atoms with Crippen molar-refractivity contribution in [1.82, 2.24) is 15.5 Å². The molecular weight excluding hydrogens is 477 g/mol. The summed E-state index contributed by atoms with van der Waals surface area (Å²) in [6, 6.07) is 8.80. The monoisotopic (exact) mass is 513 g/mol. The van der Waals surface area contributed by atoms with Crippen molar-refractivity contribution < 1.29 is 4.79 Å². The van der Waals surface area contributed by atoms with Gasteiger partial charge in [0.2, 0.25) is 5.91 Å². The first-order valence-electron chi connectivity index (χ1n) is 10.8. The number of halogens is 1. The number of aliphatic imine (C=N–C) groups is 1. The zero-order chi connectivity index (χ0) is 19.8. The quantitative estimate of drug-likeness (QED) is 0.348. The molecule has 7 heteroatoms. The number of rotatable bonds is 6. The Morgan fingerprint density at radius 3 is 2.48 bits per heavy atom. The largest absolute Gasteiger partial charge is 0.354 e. The van der Waals surface area contributed by atoms with Crippen molar-refractivity contribution in [2.24, 2.45) is 4.99 Å². The van der Waals surface area contributed by atoms with Gasteiger partial charge in [-0.3, -0.25) is 9.79 Å². The minimum atomic E-state index is 0. The number of carbonyl (C=O) groups is 1. The van der Waals surface area contributed by atoms with E-state index in [2.05, 4.69) is 51.7 Å². The second-order valence-corrected chi connectivity index (χ2v) is 7.85. The van der Waals surface area contributed by atoms with E-state index in [1.807, 2.05) is 11.9 Å². The van der Waals surface area contributed by atoms with Crippen LogP contribution in [0.25, 0.3) is 0 Å². The van der Waals surface area contributed by atoms with Crippen molar-refractivity contribution >= 4 is 41.5 Å². The van der Waals surface area contributed by atoms with Gasteiger partial charge in [0.15, 0.2) is 5.96 Å². The summed E-state index contributed by atoms with van der Waals surface area (Å²) >= 11 is 0. The molecule has 0 bridgehead atoms. The summed E-state index contributed by atoms with van der Waals surface area (Å²) in [5.74, 6) is 1.11. The fraction of sp³-hybridized carbons (Fsp3) is 0.636. The molecule has 162 valence electrons. The molecule has 0 aromatic heterocycles. The van der Waals surface area contributed by atoms with Crippen molar-refractivity contribution in [2.75, 3.05) is 38.1 Å². The Morgan fingerprint density at radius 2 is 1.86 bits per heavy atom. The van der Waals surface area contributed by atoms with Gasteiger partial charge in [0.1, 0.15) is 0 Å². The molecule has 2 aliphatic heterocycles. The molecular formula is C22H36IN5O. The summed E-state index contributed by atoms with van der Waals surface area (Å²) < 4.78 is 0. The van der Waals surface area contributed by atoms with Crippen LogP contribution in [0.4, 0.5) is 5.69 Å². The van der Waals surface area contributed by atoms with Crippen LogP contribution in [-0.2, 0) is 11.3 Å². The van der Waals surface area contributed by atoms with Gasteiger partial charge in [-0.25, -0.2) is 0 Å². The van der Waals surface area contributed by atoms with Gasteiger partial charge in [0.25, 0.3) is 0 Å². The van der Waals surface area contributed by atoms with Crippen LogP contribution in [-0.4, -0.2) is 56.0 Å². The minimum absolute atomic E-state index is 0. The molecule has 3 rings (SSSR count). The highest BCUT2D eigenvalue weighted by atomic mass is 127. The van der Waals surface area contributed by atoms with Crippen LogP contribution >= 0.6 is 24.0 Å². The lowest BCUT2D eigenvalue weighted by atomic mass is 10.1. The molecule has 1 aromatic rings. The van der Waals surface area contributed by atoms with E-state index in [0.717, 1.165) is 37.6 Å². The first-order chi connectivity index (χ1) is 13.7. The zero-order valence-electron chi connectivity index (χ0n) is 17.8. The number of hydrogen-bond donors (Lipinski definition) is 2. The van der Waals surface area contributed by atoms with Crippen LogP contribution in [0.15, 0.2) is 29.3 Å². The number of anilines is 1. The van der Waals surface area contributed by atoms with E-state index < -0.39 is 0 Å². The van der Waals surface area contributed by atoms with Gasteiger partial charge in [0, 0.05) is 51.4 Å². The maximum absolute atomic E-state index is 12.1. The van der Waals surface area contributed by atoms with Crippen LogP contribution in [0.5, 0.6) is 0 Å². The van der Waals surface area contributed by atoms with Crippen LogP contribution in [0.1, 0.15) is 51.0 Å². The van der Waals surface area contributed by atoms with Gasteiger partial charge in [-0.05, 0) is 56.3 Å². The summed E-state index contributed by atoms with van der Waals surface area (Å²) in [6.07, 6.45) is 6.34. The number of carbonyl (C=O) groups excluding carboxylic acids is 1. The molecule has 0 aliphatic carbocycles. The molecule has 2 heterocycles. The Kier molecular flexibility index (Phi) is 10.2. The second-order valence-electron chi connectivity index (χ2n) is 7.85. The average Bonchev–Trinajstić information content (AvgIpc) is 2.73. The van der Waals surface area contributed by atoms with Gasteiger partial charge in [0.05, 0.1) is 0 Å². The number of piperidine rings is 2. The zero-order valence-corrected chi connectivity index (χ0v) is 20.2. The topological polar surface area (TPSA) is 60.0 Å². The lowest BCUT2D eigenvalue weighted by molar-refractivity contribution is -0.119. The van der Waals surface area contributed by atoms with Gasteiger partial charge in [-0.2, -0.15) is 0 Å². The summed E-state index contributed by atoms with van der Waals surface area (Å²) in [5, 5.41) is 6.99. The number of likely N-dealkylation sites (tertiary alicyclic amines) is 1. The predicted molar refractivity (Wildman–Crippen MR) is 131 cm³/mol. The van der Waals surface area contributed by atoms with Crippen molar-refractivity contribution in [3.8, 4) is 0 Å². The van der Waals surface area contributed by atoms with E-state index in [1.165, 1.54) is 44.5 Å². The first-order valence-corrected chi connectivity index (χ1v) is 10.8. The molecule has 2 aliphatic rings. The minimum Gasteiger partial charge on any atom is -0.354 e. The fourth-order valence-electron chi connectivity index (χ4n) is 4.06. The highest BCUT2D eigenvalue weighted by molar-refractivity contribution is 14.0. The Bertz CT molecular complexity index is 656. The first kappa shape index (κ1) is 23.9. The number of nitrogens with one attached hydrogen (secondary N) is 2. The Balaban J connectivity index is 0.00000300. The van der Waals surface area contributed by atoms with Crippen LogP contribution in [0.2, 0.25) is 0 Å². The molecule has 2 saturated heterocycles. The maximum Gasteiger partial charge on any atom is 0.226 e. The third kappa shape index (κ3) is 7.13. The number of nitrogens with zero attached hydrogens (tertiary/aromatic N) is 3. The van der Waals surface area contributed by atoms with Gasteiger partial charge in [-0.15, -0.1) is 24.0 Å². The molecule has 6 nitrogen and oxygen atoms in total. The molecule has 29 heavy (non-hydrogen) atoms. The van der Waals surface area contributed by atoms with Gasteiger partial charge in [-0.1, -0.05) is 19.1 Å². The molecule has 1 aromatic carbocycles. The van der Waals surface area contributed by atoms with Crippen molar-refractivity contribution in [3.63, 3.8) is 0 Å². The van der Waals surface area contributed by atoms with Crippen LogP contribution in [0.3, 0.4) is 0 Å². The fourth-order valence-corrected chi connectivity index (χ4v) is 4.06. The third-order valence-electron chi connectivity index (χ3n) is 5.72. The van der Waals surface area contributed by atoms with E-state index in [-0.39, 0.29) is 29.9 Å². The van der Waals surface area contributed by atoms with E-state index in [9.17, 15) is 4.79 Å².